The van der Waals surface area contributed by atoms with E-state index in [-0.39, 0.29) is 6.79 Å². The van der Waals surface area contributed by atoms with Crippen LogP contribution in [-0.2, 0) is 7.05 Å². The number of fused-ring (bicyclic) bond motifs is 1. The number of halogens is 1. The molecule has 3 rings (SSSR count). The first kappa shape index (κ1) is 10.3. The number of hydrogen-bond acceptors (Lipinski definition) is 4. The first-order valence-corrected chi connectivity index (χ1v) is 5.41. The Morgan fingerprint density at radius 2 is 2.00 bits per heavy atom. The summed E-state index contributed by atoms with van der Waals surface area (Å²) in [6, 6.07) is 3.55. The largest absolute Gasteiger partial charge is 0.454 e. The molecule has 0 bridgehead atoms. The molecule has 88 valence electrons. The highest BCUT2D eigenvalue weighted by Crippen LogP contribution is 2.42. The summed E-state index contributed by atoms with van der Waals surface area (Å²) in [6.45, 7) is 0.220. The van der Waals surface area contributed by atoms with Crippen LogP contribution < -0.4 is 15.2 Å². The molecule has 6 heteroatoms. The summed E-state index contributed by atoms with van der Waals surface area (Å²) in [5.41, 5.74) is 7.50. The van der Waals surface area contributed by atoms with Gasteiger partial charge in [0.2, 0.25) is 6.79 Å². The molecule has 2 heterocycles. The zero-order valence-electron chi connectivity index (χ0n) is 9.11. The molecule has 0 spiro atoms. The normalized spacial score (nSPS) is 13.1. The number of benzene rings is 1. The van der Waals surface area contributed by atoms with Gasteiger partial charge in [0.15, 0.2) is 11.5 Å². The van der Waals surface area contributed by atoms with Crippen molar-refractivity contribution in [3.05, 3.63) is 23.4 Å². The van der Waals surface area contributed by atoms with Crippen molar-refractivity contribution in [3.63, 3.8) is 0 Å². The summed E-state index contributed by atoms with van der Waals surface area (Å²) in [7, 11) is 1.78. The number of aryl methyl sites for hydroxylation is 1. The lowest BCUT2D eigenvalue weighted by Gasteiger charge is -2.05. The standard InChI is InChI=1S/C11H10ClN3O2/c1-15-11(13)7(4-14-15)6-2-9-10(3-8(6)12)17-5-16-9/h2-4H,5,13H2,1H3. The van der Waals surface area contributed by atoms with Crippen molar-refractivity contribution in [1.29, 1.82) is 0 Å². The van der Waals surface area contributed by atoms with Gasteiger partial charge < -0.3 is 15.2 Å². The summed E-state index contributed by atoms with van der Waals surface area (Å²) in [6.07, 6.45) is 1.68. The minimum Gasteiger partial charge on any atom is -0.454 e. The maximum atomic E-state index is 6.20. The Hall–Kier alpha value is -1.88. The summed E-state index contributed by atoms with van der Waals surface area (Å²) < 4.78 is 12.2. The van der Waals surface area contributed by atoms with Crippen LogP contribution in [-0.4, -0.2) is 16.6 Å². The lowest BCUT2D eigenvalue weighted by molar-refractivity contribution is 0.174. The van der Waals surface area contributed by atoms with Crippen LogP contribution in [0.3, 0.4) is 0 Å². The van der Waals surface area contributed by atoms with E-state index >= 15 is 0 Å². The summed E-state index contributed by atoms with van der Waals surface area (Å²) in [5, 5.41) is 4.65. The minimum absolute atomic E-state index is 0.220. The SMILES string of the molecule is Cn1ncc(-c2cc3c(cc2Cl)OCO3)c1N. The quantitative estimate of drug-likeness (QED) is 0.843. The fourth-order valence-corrected chi connectivity index (χ4v) is 2.03. The number of nitrogens with two attached hydrogens (primary N) is 1. The number of ether oxygens (including phenoxy) is 2. The Morgan fingerprint density at radius 1 is 1.29 bits per heavy atom. The van der Waals surface area contributed by atoms with Crippen molar-refractivity contribution in [2.45, 2.75) is 0 Å². The van der Waals surface area contributed by atoms with E-state index < -0.39 is 0 Å². The number of nitrogen functional groups attached to an aromatic ring is 1. The van der Waals surface area contributed by atoms with Crippen LogP contribution in [0, 0.1) is 0 Å². The second-order valence-corrected chi connectivity index (χ2v) is 4.16. The van der Waals surface area contributed by atoms with E-state index in [1.54, 1.807) is 24.0 Å². The first-order valence-electron chi connectivity index (χ1n) is 5.04. The molecule has 1 aliphatic heterocycles. The van der Waals surface area contributed by atoms with Crippen LogP contribution in [0.15, 0.2) is 18.3 Å². The Balaban J connectivity index is 2.18. The second-order valence-electron chi connectivity index (χ2n) is 3.75. The van der Waals surface area contributed by atoms with Crippen LogP contribution in [0.2, 0.25) is 5.02 Å². The lowest BCUT2D eigenvalue weighted by Crippen LogP contribution is -1.98. The Kier molecular flexibility index (Phi) is 2.16. The van der Waals surface area contributed by atoms with Crippen molar-refractivity contribution < 1.29 is 9.47 Å². The Labute approximate surface area is 103 Å². The van der Waals surface area contributed by atoms with E-state index in [4.69, 9.17) is 26.8 Å². The number of hydrogen-bond donors (Lipinski definition) is 1. The van der Waals surface area contributed by atoms with E-state index in [2.05, 4.69) is 5.10 Å². The average Bonchev–Trinajstić information content (AvgIpc) is 2.86. The van der Waals surface area contributed by atoms with Crippen LogP contribution in [0.25, 0.3) is 11.1 Å². The number of rotatable bonds is 1. The van der Waals surface area contributed by atoms with Gasteiger partial charge in [-0.2, -0.15) is 5.10 Å². The topological polar surface area (TPSA) is 62.3 Å². The third kappa shape index (κ3) is 1.51. The zero-order chi connectivity index (χ0) is 12.0. The van der Waals surface area contributed by atoms with E-state index in [1.165, 1.54) is 0 Å². The fourth-order valence-electron chi connectivity index (χ4n) is 1.78. The number of aromatic nitrogens is 2. The van der Waals surface area contributed by atoms with E-state index in [1.807, 2.05) is 6.07 Å². The highest BCUT2D eigenvalue weighted by molar-refractivity contribution is 6.33. The molecule has 2 N–H and O–H groups in total. The fraction of sp³-hybridized carbons (Fsp3) is 0.182. The monoisotopic (exact) mass is 251 g/mol. The van der Waals surface area contributed by atoms with Gasteiger partial charge in [0.25, 0.3) is 0 Å². The molecule has 0 aliphatic carbocycles. The van der Waals surface area contributed by atoms with Gasteiger partial charge in [0.1, 0.15) is 5.82 Å². The molecule has 17 heavy (non-hydrogen) atoms. The molecular formula is C11H10ClN3O2. The molecule has 0 unspecified atom stereocenters. The van der Waals surface area contributed by atoms with Crippen LogP contribution in [0.5, 0.6) is 11.5 Å². The van der Waals surface area contributed by atoms with E-state index in [0.717, 1.165) is 11.1 Å². The molecule has 0 saturated heterocycles. The third-order valence-electron chi connectivity index (χ3n) is 2.74. The molecular weight excluding hydrogens is 242 g/mol. The van der Waals surface area contributed by atoms with Gasteiger partial charge in [-0.3, -0.25) is 4.68 Å². The van der Waals surface area contributed by atoms with Gasteiger partial charge in [-0.05, 0) is 6.07 Å². The van der Waals surface area contributed by atoms with Gasteiger partial charge in [-0.15, -0.1) is 0 Å². The smallest absolute Gasteiger partial charge is 0.231 e. The van der Waals surface area contributed by atoms with Gasteiger partial charge >= 0.3 is 0 Å². The first-order chi connectivity index (χ1) is 8.16. The maximum absolute atomic E-state index is 6.20. The van der Waals surface area contributed by atoms with Gasteiger partial charge in [0.05, 0.1) is 11.2 Å². The lowest BCUT2D eigenvalue weighted by atomic mass is 10.1. The van der Waals surface area contributed by atoms with E-state index in [0.29, 0.717) is 22.3 Å². The molecule has 0 amide bonds. The molecule has 0 radical (unpaired) electrons. The molecule has 0 saturated carbocycles. The highest BCUT2D eigenvalue weighted by atomic mass is 35.5. The molecule has 0 fully saturated rings. The zero-order valence-corrected chi connectivity index (χ0v) is 9.86. The molecule has 5 nitrogen and oxygen atoms in total. The van der Waals surface area contributed by atoms with Crippen LogP contribution in [0.1, 0.15) is 0 Å². The van der Waals surface area contributed by atoms with Crippen molar-refractivity contribution in [2.24, 2.45) is 7.05 Å². The summed E-state index contributed by atoms with van der Waals surface area (Å²) in [4.78, 5) is 0. The predicted molar refractivity (Wildman–Crippen MR) is 64.2 cm³/mol. The van der Waals surface area contributed by atoms with Crippen molar-refractivity contribution in [2.75, 3.05) is 12.5 Å². The van der Waals surface area contributed by atoms with Crippen LogP contribution in [0.4, 0.5) is 5.82 Å². The summed E-state index contributed by atoms with van der Waals surface area (Å²) in [5.74, 6) is 1.89. The molecule has 0 atom stereocenters. The number of nitrogens with zero attached hydrogens (tertiary/aromatic N) is 2. The minimum atomic E-state index is 0.220. The average molecular weight is 252 g/mol. The molecule has 1 aromatic heterocycles. The second kappa shape index (κ2) is 3.56. The van der Waals surface area contributed by atoms with Crippen molar-refractivity contribution in [1.82, 2.24) is 9.78 Å². The summed E-state index contributed by atoms with van der Waals surface area (Å²) >= 11 is 6.20. The van der Waals surface area contributed by atoms with Gasteiger partial charge in [0, 0.05) is 24.2 Å². The number of anilines is 1. The Bertz CT molecular complexity index is 595. The molecule has 2 aromatic rings. The van der Waals surface area contributed by atoms with Gasteiger partial charge in [-0.25, -0.2) is 0 Å². The third-order valence-corrected chi connectivity index (χ3v) is 3.05. The molecule has 1 aliphatic rings. The van der Waals surface area contributed by atoms with Crippen molar-refractivity contribution in [3.8, 4) is 22.6 Å². The van der Waals surface area contributed by atoms with Crippen molar-refractivity contribution >= 4 is 17.4 Å². The highest BCUT2D eigenvalue weighted by Gasteiger charge is 2.19. The maximum Gasteiger partial charge on any atom is 0.231 e. The Morgan fingerprint density at radius 3 is 2.65 bits per heavy atom. The molecule has 1 aromatic carbocycles. The van der Waals surface area contributed by atoms with Crippen LogP contribution >= 0.6 is 11.6 Å². The van der Waals surface area contributed by atoms with E-state index in [9.17, 15) is 0 Å². The predicted octanol–water partition coefficient (Wildman–Crippen LogP) is 2.05. The van der Waals surface area contributed by atoms with Gasteiger partial charge in [-0.1, -0.05) is 11.6 Å².